The maximum atomic E-state index is 8.82. The third-order valence-corrected chi connectivity index (χ3v) is 2.31. The number of aryl methyl sites for hydroxylation is 1. The first-order valence-corrected chi connectivity index (χ1v) is 3.90. The van der Waals surface area contributed by atoms with E-state index in [0.717, 1.165) is 6.42 Å². The Bertz CT molecular complexity index is 256. The Kier molecular flexibility index (Phi) is 1.46. The van der Waals surface area contributed by atoms with Gasteiger partial charge in [0.05, 0.1) is 6.20 Å². The third-order valence-electron chi connectivity index (χ3n) is 2.31. The van der Waals surface area contributed by atoms with Crippen molar-refractivity contribution in [1.29, 1.82) is 0 Å². The molecule has 1 heterocycles. The minimum absolute atomic E-state index is 0.319. The second-order valence-electron chi connectivity index (χ2n) is 3.23. The van der Waals surface area contributed by atoms with Crippen molar-refractivity contribution in [2.24, 2.45) is 13.0 Å². The number of aromatic nitrogens is 2. The van der Waals surface area contributed by atoms with Crippen LogP contribution in [0.25, 0.3) is 0 Å². The highest BCUT2D eigenvalue weighted by molar-refractivity contribution is 5.19. The van der Waals surface area contributed by atoms with E-state index in [9.17, 15) is 0 Å². The Morgan fingerprint density at radius 2 is 2.64 bits per heavy atom. The van der Waals surface area contributed by atoms with E-state index in [1.807, 2.05) is 24.1 Å². The fourth-order valence-corrected chi connectivity index (χ4v) is 1.49. The predicted molar refractivity (Wildman–Crippen MR) is 41.1 cm³/mol. The number of aliphatic hydroxyl groups excluding tert-OH is 1. The number of hydrogen-bond donors (Lipinski definition) is 1. The average Bonchev–Trinajstić information content (AvgIpc) is 2.68. The molecule has 1 fully saturated rings. The second kappa shape index (κ2) is 2.34. The standard InChI is InChI=1S/C8H12N2O/c1-10-4-7(3-9-10)8-2-6(8)5-11/h3-4,6,8,11H,2,5H2,1H3/t6-,8+/m0/s1. The van der Waals surface area contributed by atoms with Crippen molar-refractivity contribution in [3.8, 4) is 0 Å². The molecule has 0 saturated heterocycles. The zero-order valence-electron chi connectivity index (χ0n) is 6.57. The van der Waals surface area contributed by atoms with Gasteiger partial charge in [0, 0.05) is 19.9 Å². The van der Waals surface area contributed by atoms with Crippen LogP contribution in [-0.4, -0.2) is 21.5 Å². The average molecular weight is 152 g/mol. The summed E-state index contributed by atoms with van der Waals surface area (Å²) in [5.74, 6) is 1.08. The molecule has 0 unspecified atom stereocenters. The number of hydrogen-bond acceptors (Lipinski definition) is 2. The van der Waals surface area contributed by atoms with E-state index in [-0.39, 0.29) is 0 Å². The van der Waals surface area contributed by atoms with E-state index in [2.05, 4.69) is 5.10 Å². The molecule has 1 aromatic heterocycles. The smallest absolute Gasteiger partial charge is 0.0524 e. The molecule has 1 aliphatic carbocycles. The Morgan fingerprint density at radius 1 is 1.82 bits per heavy atom. The highest BCUT2D eigenvalue weighted by atomic mass is 16.3. The van der Waals surface area contributed by atoms with Gasteiger partial charge in [0.2, 0.25) is 0 Å². The van der Waals surface area contributed by atoms with Crippen LogP contribution in [0.4, 0.5) is 0 Å². The van der Waals surface area contributed by atoms with Crippen molar-refractivity contribution < 1.29 is 5.11 Å². The van der Waals surface area contributed by atoms with E-state index in [1.165, 1.54) is 5.56 Å². The monoisotopic (exact) mass is 152 g/mol. The molecular formula is C8H12N2O. The van der Waals surface area contributed by atoms with Gasteiger partial charge in [0.15, 0.2) is 0 Å². The molecule has 0 amide bonds. The molecule has 1 N–H and O–H groups in total. The molecule has 3 heteroatoms. The molecule has 2 rings (SSSR count). The molecule has 0 aromatic carbocycles. The van der Waals surface area contributed by atoms with Crippen LogP contribution in [0.3, 0.4) is 0 Å². The summed E-state index contributed by atoms with van der Waals surface area (Å²) < 4.78 is 1.81. The molecule has 11 heavy (non-hydrogen) atoms. The Balaban J connectivity index is 2.08. The highest BCUT2D eigenvalue weighted by Crippen LogP contribution is 2.46. The van der Waals surface area contributed by atoms with Crippen LogP contribution in [-0.2, 0) is 7.05 Å². The van der Waals surface area contributed by atoms with Gasteiger partial charge in [-0.2, -0.15) is 5.10 Å². The molecule has 1 saturated carbocycles. The van der Waals surface area contributed by atoms with Crippen molar-refractivity contribution in [1.82, 2.24) is 9.78 Å². The number of rotatable bonds is 2. The van der Waals surface area contributed by atoms with Gasteiger partial charge in [0.1, 0.15) is 0 Å². The lowest BCUT2D eigenvalue weighted by molar-refractivity contribution is 0.274. The van der Waals surface area contributed by atoms with E-state index in [4.69, 9.17) is 5.11 Å². The maximum Gasteiger partial charge on any atom is 0.0524 e. The quantitative estimate of drug-likeness (QED) is 0.670. The van der Waals surface area contributed by atoms with Gasteiger partial charge in [-0.05, 0) is 23.8 Å². The first-order valence-electron chi connectivity index (χ1n) is 3.90. The fourth-order valence-electron chi connectivity index (χ4n) is 1.49. The van der Waals surface area contributed by atoms with Crippen LogP contribution in [0, 0.1) is 5.92 Å². The van der Waals surface area contributed by atoms with Gasteiger partial charge in [-0.3, -0.25) is 4.68 Å². The summed E-state index contributed by atoms with van der Waals surface area (Å²) in [7, 11) is 1.92. The summed E-state index contributed by atoms with van der Waals surface area (Å²) in [5, 5.41) is 12.9. The molecule has 60 valence electrons. The van der Waals surface area contributed by atoms with Gasteiger partial charge in [0.25, 0.3) is 0 Å². The third kappa shape index (κ3) is 1.16. The van der Waals surface area contributed by atoms with Crippen LogP contribution in [0.1, 0.15) is 17.9 Å². The summed E-state index contributed by atoms with van der Waals surface area (Å²) in [5.41, 5.74) is 1.27. The van der Waals surface area contributed by atoms with Crippen molar-refractivity contribution in [2.75, 3.05) is 6.61 Å². The highest BCUT2D eigenvalue weighted by Gasteiger charge is 2.38. The minimum Gasteiger partial charge on any atom is -0.396 e. The Hall–Kier alpha value is -0.830. The minimum atomic E-state index is 0.319. The van der Waals surface area contributed by atoms with Crippen molar-refractivity contribution in [3.63, 3.8) is 0 Å². The van der Waals surface area contributed by atoms with Crippen molar-refractivity contribution in [2.45, 2.75) is 12.3 Å². The van der Waals surface area contributed by atoms with E-state index in [1.54, 1.807) is 0 Å². The maximum absolute atomic E-state index is 8.82. The van der Waals surface area contributed by atoms with Gasteiger partial charge in [-0.15, -0.1) is 0 Å². The predicted octanol–water partition coefficient (Wildman–Crippen LogP) is 0.516. The topological polar surface area (TPSA) is 38.0 Å². The molecule has 3 nitrogen and oxygen atoms in total. The first kappa shape index (κ1) is 6.85. The molecule has 0 aliphatic heterocycles. The summed E-state index contributed by atoms with van der Waals surface area (Å²) in [6.45, 7) is 0.319. The summed E-state index contributed by atoms with van der Waals surface area (Å²) >= 11 is 0. The number of nitrogens with zero attached hydrogens (tertiary/aromatic N) is 2. The van der Waals surface area contributed by atoms with Gasteiger partial charge < -0.3 is 5.11 Å². The Labute approximate surface area is 65.7 Å². The largest absolute Gasteiger partial charge is 0.396 e. The first-order chi connectivity index (χ1) is 5.31. The Morgan fingerprint density at radius 3 is 3.09 bits per heavy atom. The zero-order valence-corrected chi connectivity index (χ0v) is 6.57. The summed E-state index contributed by atoms with van der Waals surface area (Å²) in [6, 6.07) is 0. The molecule has 0 spiro atoms. The van der Waals surface area contributed by atoms with Gasteiger partial charge >= 0.3 is 0 Å². The normalized spacial score (nSPS) is 28.9. The lowest BCUT2D eigenvalue weighted by Crippen LogP contribution is -1.87. The lowest BCUT2D eigenvalue weighted by atomic mass is 10.2. The van der Waals surface area contributed by atoms with E-state index < -0.39 is 0 Å². The zero-order chi connectivity index (χ0) is 7.84. The molecular weight excluding hydrogens is 140 g/mol. The van der Waals surface area contributed by atoms with Crippen molar-refractivity contribution in [3.05, 3.63) is 18.0 Å². The van der Waals surface area contributed by atoms with E-state index in [0.29, 0.717) is 18.4 Å². The summed E-state index contributed by atoms with van der Waals surface area (Å²) in [6.07, 6.45) is 5.04. The fraction of sp³-hybridized carbons (Fsp3) is 0.625. The van der Waals surface area contributed by atoms with Gasteiger partial charge in [-0.25, -0.2) is 0 Å². The van der Waals surface area contributed by atoms with Crippen LogP contribution >= 0.6 is 0 Å². The van der Waals surface area contributed by atoms with Gasteiger partial charge in [-0.1, -0.05) is 0 Å². The second-order valence-corrected chi connectivity index (χ2v) is 3.23. The SMILES string of the molecule is Cn1cc([C@@H]2C[C@H]2CO)cn1. The molecule has 1 aromatic rings. The lowest BCUT2D eigenvalue weighted by Gasteiger charge is -1.89. The molecule has 2 atom stereocenters. The van der Waals surface area contributed by atoms with Crippen LogP contribution < -0.4 is 0 Å². The van der Waals surface area contributed by atoms with Crippen molar-refractivity contribution >= 4 is 0 Å². The van der Waals surface area contributed by atoms with Crippen LogP contribution in [0.2, 0.25) is 0 Å². The molecule has 0 radical (unpaired) electrons. The molecule has 0 bridgehead atoms. The number of aliphatic hydroxyl groups is 1. The van der Waals surface area contributed by atoms with Crippen LogP contribution in [0.15, 0.2) is 12.4 Å². The summed E-state index contributed by atoms with van der Waals surface area (Å²) in [4.78, 5) is 0. The molecule has 1 aliphatic rings. The van der Waals surface area contributed by atoms with E-state index >= 15 is 0 Å². The van der Waals surface area contributed by atoms with Crippen LogP contribution in [0.5, 0.6) is 0 Å².